The van der Waals surface area contributed by atoms with Crippen LogP contribution < -0.4 is 5.32 Å². The van der Waals surface area contributed by atoms with E-state index in [0.717, 1.165) is 16.8 Å². The molecule has 2 aromatic carbocycles. The van der Waals surface area contributed by atoms with Gasteiger partial charge in [-0.2, -0.15) is 0 Å². The fourth-order valence-electron chi connectivity index (χ4n) is 2.58. The van der Waals surface area contributed by atoms with Crippen molar-refractivity contribution in [1.29, 1.82) is 0 Å². The monoisotopic (exact) mass is 454 g/mol. The van der Waals surface area contributed by atoms with Crippen molar-refractivity contribution in [3.05, 3.63) is 68.9 Å². The van der Waals surface area contributed by atoms with Gasteiger partial charge in [0, 0.05) is 15.1 Å². The molecule has 0 fully saturated rings. The summed E-state index contributed by atoms with van der Waals surface area (Å²) in [6.07, 6.45) is 1.59. The molecule has 9 heteroatoms. The van der Waals surface area contributed by atoms with Gasteiger partial charge >= 0.3 is 0 Å². The highest BCUT2D eigenvalue weighted by Gasteiger charge is 2.15. The van der Waals surface area contributed by atoms with Crippen molar-refractivity contribution in [2.45, 2.75) is 25.0 Å². The lowest BCUT2D eigenvalue weighted by molar-refractivity contribution is -0.119. The minimum Gasteiger partial charge on any atom is -0.349 e. The quantitative estimate of drug-likeness (QED) is 0.498. The number of thioether (sulfide) groups is 1. The molecule has 146 valence electrons. The summed E-state index contributed by atoms with van der Waals surface area (Å²) in [5, 5.41) is 13.3. The zero-order chi connectivity index (χ0) is 20.3. The van der Waals surface area contributed by atoms with Crippen LogP contribution in [-0.4, -0.2) is 26.4 Å². The van der Waals surface area contributed by atoms with Gasteiger partial charge < -0.3 is 5.32 Å². The van der Waals surface area contributed by atoms with E-state index in [0.29, 0.717) is 20.2 Å². The van der Waals surface area contributed by atoms with Crippen LogP contribution in [-0.2, 0) is 4.79 Å². The normalized spacial score (nSPS) is 12.0. The van der Waals surface area contributed by atoms with Crippen molar-refractivity contribution in [3.63, 3.8) is 0 Å². The molecule has 5 nitrogen and oxygen atoms in total. The fourth-order valence-corrected chi connectivity index (χ4v) is 4.06. The second kappa shape index (κ2) is 9.18. The molecular weight excluding hydrogens is 439 g/mol. The third kappa shape index (κ3) is 5.00. The van der Waals surface area contributed by atoms with Gasteiger partial charge in [-0.25, -0.2) is 0 Å². The van der Waals surface area contributed by atoms with Crippen LogP contribution in [0.2, 0.25) is 15.1 Å². The number of carbonyl (C=O) groups is 1. The second-order valence-corrected chi connectivity index (χ2v) is 8.35. The summed E-state index contributed by atoms with van der Waals surface area (Å²) in [7, 11) is 0. The van der Waals surface area contributed by atoms with E-state index in [1.54, 1.807) is 29.1 Å². The molecule has 0 spiro atoms. The number of hydrogen-bond donors (Lipinski definition) is 1. The zero-order valence-electron chi connectivity index (χ0n) is 15.1. The fraction of sp³-hybridized carbons (Fsp3) is 0.211. The van der Waals surface area contributed by atoms with Crippen LogP contribution in [0.5, 0.6) is 0 Å². The number of aryl methyl sites for hydroxylation is 1. The first kappa shape index (κ1) is 21.0. The van der Waals surface area contributed by atoms with E-state index in [4.69, 9.17) is 34.8 Å². The summed E-state index contributed by atoms with van der Waals surface area (Å²) in [5.74, 6) is 0.0494. The number of amides is 1. The van der Waals surface area contributed by atoms with Crippen LogP contribution in [0.4, 0.5) is 0 Å². The third-order valence-electron chi connectivity index (χ3n) is 4.09. The van der Waals surface area contributed by atoms with E-state index in [2.05, 4.69) is 15.5 Å². The minimum atomic E-state index is -0.244. The molecule has 0 aliphatic heterocycles. The standard InChI is InChI=1S/C19H17Cl3N4OS/c1-11-3-5-14(8-16(11)21)26-10-23-25-19(26)28-9-18(27)24-12(2)15-6-4-13(20)7-17(15)22/h3-8,10,12H,9H2,1-2H3,(H,24,27)/t12-/m0/s1. The van der Waals surface area contributed by atoms with Crippen LogP contribution in [0.25, 0.3) is 5.69 Å². The number of nitrogens with one attached hydrogen (secondary N) is 1. The second-order valence-electron chi connectivity index (χ2n) is 6.16. The number of nitrogens with zero attached hydrogens (tertiary/aromatic N) is 3. The Morgan fingerprint density at radius 2 is 1.96 bits per heavy atom. The first-order chi connectivity index (χ1) is 13.3. The predicted octanol–water partition coefficient (Wildman–Crippen LogP) is 5.51. The lowest BCUT2D eigenvalue weighted by atomic mass is 10.1. The van der Waals surface area contributed by atoms with Crippen molar-refractivity contribution >= 4 is 52.5 Å². The first-order valence-corrected chi connectivity index (χ1v) is 10.5. The molecule has 1 aromatic heterocycles. The van der Waals surface area contributed by atoms with E-state index < -0.39 is 0 Å². The van der Waals surface area contributed by atoms with E-state index >= 15 is 0 Å². The molecule has 1 amide bonds. The van der Waals surface area contributed by atoms with Crippen LogP contribution in [0.1, 0.15) is 24.1 Å². The smallest absolute Gasteiger partial charge is 0.230 e. The van der Waals surface area contributed by atoms with Crippen LogP contribution >= 0.6 is 46.6 Å². The average Bonchev–Trinajstić information content (AvgIpc) is 3.10. The Morgan fingerprint density at radius 1 is 1.18 bits per heavy atom. The molecular formula is C19H17Cl3N4OS. The molecule has 0 saturated heterocycles. The number of benzene rings is 2. The van der Waals surface area contributed by atoms with Gasteiger partial charge in [0.15, 0.2) is 5.16 Å². The van der Waals surface area contributed by atoms with Crippen LogP contribution in [0, 0.1) is 6.92 Å². The predicted molar refractivity (Wildman–Crippen MR) is 115 cm³/mol. The van der Waals surface area contributed by atoms with Crippen molar-refractivity contribution in [2.24, 2.45) is 0 Å². The van der Waals surface area contributed by atoms with Gasteiger partial charge in [-0.05, 0) is 49.2 Å². The summed E-state index contributed by atoms with van der Waals surface area (Å²) in [5.41, 5.74) is 2.63. The molecule has 1 N–H and O–H groups in total. The van der Waals surface area contributed by atoms with Gasteiger partial charge in [0.25, 0.3) is 0 Å². The summed E-state index contributed by atoms with van der Waals surface area (Å²) in [6.45, 7) is 3.81. The topological polar surface area (TPSA) is 59.8 Å². The maximum absolute atomic E-state index is 12.4. The lowest BCUT2D eigenvalue weighted by Crippen LogP contribution is -2.28. The highest BCUT2D eigenvalue weighted by atomic mass is 35.5. The Bertz CT molecular complexity index is 1010. The summed E-state index contributed by atoms with van der Waals surface area (Å²) >= 11 is 19.6. The Balaban J connectivity index is 1.64. The highest BCUT2D eigenvalue weighted by molar-refractivity contribution is 7.99. The van der Waals surface area contributed by atoms with Crippen molar-refractivity contribution in [2.75, 3.05) is 5.75 Å². The maximum atomic E-state index is 12.4. The molecule has 3 rings (SSSR count). The van der Waals surface area contributed by atoms with Crippen LogP contribution in [0.3, 0.4) is 0 Å². The molecule has 28 heavy (non-hydrogen) atoms. The van der Waals surface area contributed by atoms with Gasteiger partial charge in [0.1, 0.15) is 6.33 Å². The van der Waals surface area contributed by atoms with Gasteiger partial charge in [0.2, 0.25) is 5.91 Å². The van der Waals surface area contributed by atoms with Gasteiger partial charge in [-0.1, -0.05) is 58.7 Å². The SMILES string of the molecule is Cc1ccc(-n2cnnc2SCC(=O)N[C@@H](C)c2ccc(Cl)cc2Cl)cc1Cl. The Kier molecular flexibility index (Phi) is 6.88. The number of hydrogen-bond acceptors (Lipinski definition) is 4. The number of aromatic nitrogens is 3. The van der Waals surface area contributed by atoms with E-state index in [9.17, 15) is 4.79 Å². The molecule has 0 saturated carbocycles. The van der Waals surface area contributed by atoms with Gasteiger partial charge in [-0.3, -0.25) is 9.36 Å². The highest BCUT2D eigenvalue weighted by Crippen LogP contribution is 2.27. The summed E-state index contributed by atoms with van der Waals surface area (Å²) in [4.78, 5) is 12.4. The Labute approximate surface area is 182 Å². The van der Waals surface area contributed by atoms with Gasteiger partial charge in [0.05, 0.1) is 17.5 Å². The van der Waals surface area contributed by atoms with Gasteiger partial charge in [-0.15, -0.1) is 10.2 Å². The van der Waals surface area contributed by atoms with Crippen molar-refractivity contribution in [3.8, 4) is 5.69 Å². The van der Waals surface area contributed by atoms with E-state index in [1.165, 1.54) is 11.8 Å². The van der Waals surface area contributed by atoms with Crippen molar-refractivity contribution in [1.82, 2.24) is 20.1 Å². The largest absolute Gasteiger partial charge is 0.349 e. The minimum absolute atomic E-state index is 0.139. The summed E-state index contributed by atoms with van der Waals surface area (Å²) in [6, 6.07) is 10.7. The Hall–Kier alpha value is -1.73. The number of rotatable bonds is 6. The van der Waals surface area contributed by atoms with Crippen molar-refractivity contribution < 1.29 is 4.79 Å². The molecule has 1 atom stereocenters. The molecule has 0 bridgehead atoms. The third-order valence-corrected chi connectivity index (χ3v) is 6.00. The van der Waals surface area contributed by atoms with E-state index in [1.807, 2.05) is 32.0 Å². The molecule has 3 aromatic rings. The van der Waals surface area contributed by atoms with E-state index in [-0.39, 0.29) is 17.7 Å². The molecule has 0 radical (unpaired) electrons. The number of halogens is 3. The molecule has 1 heterocycles. The molecule has 0 aliphatic carbocycles. The summed E-state index contributed by atoms with van der Waals surface area (Å²) < 4.78 is 1.79. The number of carbonyl (C=O) groups excluding carboxylic acids is 1. The maximum Gasteiger partial charge on any atom is 0.230 e. The molecule has 0 aliphatic rings. The zero-order valence-corrected chi connectivity index (χ0v) is 18.2. The Morgan fingerprint density at radius 3 is 2.68 bits per heavy atom. The first-order valence-electron chi connectivity index (χ1n) is 8.39. The lowest BCUT2D eigenvalue weighted by Gasteiger charge is -2.16. The molecule has 0 unspecified atom stereocenters. The average molecular weight is 456 g/mol. The van der Waals surface area contributed by atoms with Crippen LogP contribution in [0.15, 0.2) is 47.9 Å².